The largest absolute Gasteiger partial charge is 0.0788 e. The number of allylic oxidation sites excluding steroid dienone is 2. The second kappa shape index (κ2) is 3.93. The first-order valence-electron chi connectivity index (χ1n) is 9.07. The third kappa shape index (κ3) is 1.54. The van der Waals surface area contributed by atoms with Gasteiger partial charge in [-0.25, -0.2) is 0 Å². The van der Waals surface area contributed by atoms with Crippen molar-refractivity contribution < 1.29 is 0 Å². The maximum Gasteiger partial charge on any atom is -0.00762 e. The van der Waals surface area contributed by atoms with Gasteiger partial charge in [0.2, 0.25) is 0 Å². The first kappa shape index (κ1) is 13.4. The third-order valence-electron chi connectivity index (χ3n) is 8.25. The van der Waals surface area contributed by atoms with E-state index in [2.05, 4.69) is 33.8 Å². The van der Waals surface area contributed by atoms with Crippen molar-refractivity contribution in [2.24, 2.45) is 34.0 Å². The lowest BCUT2D eigenvalue weighted by molar-refractivity contribution is -0.133. The summed E-state index contributed by atoms with van der Waals surface area (Å²) >= 11 is 0. The minimum atomic E-state index is 0.586. The molecule has 0 aliphatic heterocycles. The average molecular weight is 272 g/mol. The van der Waals surface area contributed by atoms with E-state index < -0.39 is 0 Å². The zero-order chi connectivity index (χ0) is 14.2. The molecule has 0 aromatic carbocycles. The van der Waals surface area contributed by atoms with Gasteiger partial charge in [-0.15, -0.1) is 0 Å². The molecule has 3 fully saturated rings. The van der Waals surface area contributed by atoms with Gasteiger partial charge in [0, 0.05) is 0 Å². The maximum atomic E-state index is 2.76. The van der Waals surface area contributed by atoms with Crippen LogP contribution in [0.2, 0.25) is 0 Å². The molecule has 4 rings (SSSR count). The molecule has 112 valence electrons. The lowest BCUT2D eigenvalue weighted by Gasteiger charge is -2.63. The van der Waals surface area contributed by atoms with E-state index in [0.29, 0.717) is 16.2 Å². The highest BCUT2D eigenvalue weighted by molar-refractivity contribution is 5.26. The molecular weight excluding hydrogens is 240 g/mol. The topological polar surface area (TPSA) is 0 Å². The van der Waals surface area contributed by atoms with Crippen LogP contribution in [0.3, 0.4) is 0 Å². The first-order valence-corrected chi connectivity index (χ1v) is 9.07. The van der Waals surface area contributed by atoms with Crippen LogP contribution in [-0.4, -0.2) is 0 Å². The fraction of sp³-hybridized carbons (Fsp3) is 0.900. The van der Waals surface area contributed by atoms with Crippen LogP contribution >= 0.6 is 0 Å². The summed E-state index contributed by atoms with van der Waals surface area (Å²) in [7, 11) is 0. The van der Waals surface area contributed by atoms with Gasteiger partial charge in [0.1, 0.15) is 0 Å². The Hall–Kier alpha value is -0.260. The fourth-order valence-electron chi connectivity index (χ4n) is 7.53. The van der Waals surface area contributed by atoms with E-state index in [1.165, 1.54) is 51.4 Å². The summed E-state index contributed by atoms with van der Waals surface area (Å²) in [4.78, 5) is 0. The summed E-state index contributed by atoms with van der Waals surface area (Å²) in [6.07, 6.45) is 14.7. The van der Waals surface area contributed by atoms with Gasteiger partial charge in [0.15, 0.2) is 0 Å². The Kier molecular flexibility index (Phi) is 2.63. The van der Waals surface area contributed by atoms with E-state index in [0.717, 1.165) is 17.8 Å². The van der Waals surface area contributed by atoms with Gasteiger partial charge in [0.25, 0.3) is 0 Å². The van der Waals surface area contributed by atoms with Crippen LogP contribution in [0.25, 0.3) is 0 Å². The fourth-order valence-corrected chi connectivity index (χ4v) is 7.53. The van der Waals surface area contributed by atoms with Crippen LogP contribution in [0.1, 0.15) is 79.1 Å². The maximum absolute atomic E-state index is 2.76. The second-order valence-corrected chi connectivity index (χ2v) is 9.59. The number of hydrogen-bond donors (Lipinski definition) is 0. The number of rotatable bonds is 0. The Labute approximate surface area is 125 Å². The molecule has 0 heteroatoms. The van der Waals surface area contributed by atoms with E-state index in [1.54, 1.807) is 5.57 Å². The van der Waals surface area contributed by atoms with Gasteiger partial charge >= 0.3 is 0 Å². The lowest BCUT2D eigenvalue weighted by atomic mass is 9.41. The normalized spacial score (nSPS) is 53.0. The Morgan fingerprint density at radius 3 is 2.55 bits per heavy atom. The zero-order valence-corrected chi connectivity index (χ0v) is 14.0. The Bertz CT molecular complexity index is 457. The Balaban J connectivity index is 1.76. The second-order valence-electron chi connectivity index (χ2n) is 9.59. The average Bonchev–Trinajstić information content (AvgIpc) is 2.58. The molecular formula is C20H32. The summed E-state index contributed by atoms with van der Waals surface area (Å²) in [6.45, 7) is 10.2. The van der Waals surface area contributed by atoms with Gasteiger partial charge in [-0.05, 0) is 85.9 Å². The first-order chi connectivity index (χ1) is 9.37. The van der Waals surface area contributed by atoms with E-state index >= 15 is 0 Å². The van der Waals surface area contributed by atoms with Crippen LogP contribution in [0.4, 0.5) is 0 Å². The standard InChI is InChI=1S/C20H32/c1-14-12-20-11-8-16-18(2,3)9-5-10-19(16,4)17(20)7-6-15(14)13-20/h12,15-17H,5-11,13H2,1-4H3/t15?,16-,17?,19-,20?/m0/s1. The van der Waals surface area contributed by atoms with Crippen molar-refractivity contribution in [3.63, 3.8) is 0 Å². The Morgan fingerprint density at radius 1 is 0.950 bits per heavy atom. The monoisotopic (exact) mass is 272 g/mol. The number of fused-ring (bicyclic) bond motifs is 3. The summed E-state index contributed by atoms with van der Waals surface area (Å²) in [5.74, 6) is 2.91. The van der Waals surface area contributed by atoms with Crippen LogP contribution < -0.4 is 0 Å². The third-order valence-corrected chi connectivity index (χ3v) is 8.25. The van der Waals surface area contributed by atoms with Crippen molar-refractivity contribution >= 4 is 0 Å². The van der Waals surface area contributed by atoms with Crippen LogP contribution in [0, 0.1) is 34.0 Å². The highest BCUT2D eigenvalue weighted by atomic mass is 14.7. The van der Waals surface area contributed by atoms with Gasteiger partial charge in [-0.3, -0.25) is 0 Å². The van der Waals surface area contributed by atoms with E-state index in [-0.39, 0.29) is 0 Å². The molecule has 2 bridgehead atoms. The molecule has 5 atom stereocenters. The molecule has 0 nitrogen and oxygen atoms in total. The van der Waals surface area contributed by atoms with Crippen molar-refractivity contribution in [2.45, 2.75) is 79.1 Å². The molecule has 0 N–H and O–H groups in total. The zero-order valence-electron chi connectivity index (χ0n) is 14.0. The van der Waals surface area contributed by atoms with Crippen LogP contribution in [0.15, 0.2) is 11.6 Å². The molecule has 0 amide bonds. The SMILES string of the molecule is CC1=CC23CC[C@H]4C(C)(C)CCC[C@]4(C)C2CCC1C3. The molecule has 3 unspecified atom stereocenters. The van der Waals surface area contributed by atoms with E-state index in [9.17, 15) is 0 Å². The molecule has 0 aromatic rings. The molecule has 0 saturated heterocycles. The molecule has 3 saturated carbocycles. The van der Waals surface area contributed by atoms with Crippen molar-refractivity contribution in [1.29, 1.82) is 0 Å². The predicted octanol–water partition coefficient (Wildman–Crippen LogP) is 5.98. The smallest absolute Gasteiger partial charge is 0.00762 e. The molecule has 1 spiro atoms. The molecule has 4 aliphatic rings. The highest BCUT2D eigenvalue weighted by Crippen LogP contribution is 2.70. The highest BCUT2D eigenvalue weighted by Gasteiger charge is 2.61. The minimum Gasteiger partial charge on any atom is -0.0788 e. The summed E-state index contributed by atoms with van der Waals surface area (Å²) < 4.78 is 0. The van der Waals surface area contributed by atoms with Crippen LogP contribution in [-0.2, 0) is 0 Å². The van der Waals surface area contributed by atoms with E-state index in [1.807, 2.05) is 0 Å². The molecule has 4 aliphatic carbocycles. The Morgan fingerprint density at radius 2 is 1.75 bits per heavy atom. The van der Waals surface area contributed by atoms with Crippen molar-refractivity contribution in [3.05, 3.63) is 11.6 Å². The summed E-state index contributed by atoms with van der Waals surface area (Å²) in [5, 5.41) is 0. The van der Waals surface area contributed by atoms with Gasteiger partial charge in [-0.1, -0.05) is 38.8 Å². The van der Waals surface area contributed by atoms with Gasteiger partial charge < -0.3 is 0 Å². The molecule has 0 aromatic heterocycles. The van der Waals surface area contributed by atoms with Gasteiger partial charge in [0.05, 0.1) is 0 Å². The predicted molar refractivity (Wildman–Crippen MR) is 85.5 cm³/mol. The quantitative estimate of drug-likeness (QED) is 0.476. The molecule has 0 heterocycles. The summed E-state index contributed by atoms with van der Waals surface area (Å²) in [6, 6.07) is 0. The molecule has 20 heavy (non-hydrogen) atoms. The van der Waals surface area contributed by atoms with Gasteiger partial charge in [-0.2, -0.15) is 0 Å². The molecule has 0 radical (unpaired) electrons. The number of hydrogen-bond acceptors (Lipinski definition) is 0. The minimum absolute atomic E-state index is 0.586. The lowest BCUT2D eigenvalue weighted by Crippen LogP contribution is -2.55. The van der Waals surface area contributed by atoms with Crippen LogP contribution in [0.5, 0.6) is 0 Å². The van der Waals surface area contributed by atoms with Crippen molar-refractivity contribution in [2.75, 3.05) is 0 Å². The van der Waals surface area contributed by atoms with E-state index in [4.69, 9.17) is 0 Å². The summed E-state index contributed by atoms with van der Waals surface area (Å²) in [5.41, 5.74) is 3.57. The van der Waals surface area contributed by atoms with Crippen molar-refractivity contribution in [1.82, 2.24) is 0 Å². The van der Waals surface area contributed by atoms with Crippen molar-refractivity contribution in [3.8, 4) is 0 Å².